The number of morpholine rings is 1. The van der Waals surface area contributed by atoms with Crippen LogP contribution in [0, 0.1) is 12.7 Å². The maximum absolute atomic E-state index is 15.4. The summed E-state index contributed by atoms with van der Waals surface area (Å²) in [6, 6.07) is 20.9. The Bertz CT molecular complexity index is 1680. The van der Waals surface area contributed by atoms with E-state index >= 15 is 4.39 Å². The summed E-state index contributed by atoms with van der Waals surface area (Å²) in [5.74, 6) is 0.179. The molecule has 41 heavy (non-hydrogen) atoms. The molecule has 0 aliphatic carbocycles. The van der Waals surface area contributed by atoms with Gasteiger partial charge in [0.05, 0.1) is 46.7 Å². The summed E-state index contributed by atoms with van der Waals surface area (Å²) in [5.41, 5.74) is 0.481. The molecule has 212 valence electrons. The van der Waals surface area contributed by atoms with Gasteiger partial charge in [-0.05, 0) is 43.3 Å². The SMILES string of the molecule is Cc1nn(-c2ccccc2)c2c1P(=Nc1ccccc1C(F)(F)F)(N1CCOCC1)N(C)C(c1ccccc1F)=N2. The van der Waals surface area contributed by atoms with E-state index in [-0.39, 0.29) is 17.1 Å². The summed E-state index contributed by atoms with van der Waals surface area (Å²) in [7, 11) is -1.58. The fraction of sp³-hybridized carbons (Fsp3) is 0.241. The van der Waals surface area contributed by atoms with Crippen molar-refractivity contribution in [3.8, 4) is 5.69 Å². The average molecular weight is 583 g/mol. The molecule has 0 spiro atoms. The Morgan fingerprint density at radius 2 is 1.56 bits per heavy atom. The van der Waals surface area contributed by atoms with E-state index in [0.29, 0.717) is 48.8 Å². The van der Waals surface area contributed by atoms with Gasteiger partial charge in [-0.25, -0.2) is 23.5 Å². The van der Waals surface area contributed by atoms with Crippen molar-refractivity contribution in [2.24, 2.45) is 9.74 Å². The molecule has 0 amide bonds. The van der Waals surface area contributed by atoms with E-state index in [4.69, 9.17) is 19.6 Å². The second-order valence-corrected chi connectivity index (χ2v) is 12.6. The van der Waals surface area contributed by atoms with Gasteiger partial charge in [-0.2, -0.15) is 18.3 Å². The average Bonchev–Trinajstić information content (AvgIpc) is 3.31. The molecule has 1 aromatic heterocycles. The summed E-state index contributed by atoms with van der Waals surface area (Å²) in [6.45, 7) is 3.39. The van der Waals surface area contributed by atoms with Gasteiger partial charge in [0.25, 0.3) is 0 Å². The Balaban J connectivity index is 1.75. The van der Waals surface area contributed by atoms with Crippen molar-refractivity contribution < 1.29 is 22.3 Å². The molecule has 6 rings (SSSR count). The van der Waals surface area contributed by atoms with E-state index in [0.717, 1.165) is 6.07 Å². The molecular weight excluding hydrogens is 555 g/mol. The molecule has 1 fully saturated rings. The molecule has 0 radical (unpaired) electrons. The number of rotatable bonds is 4. The number of benzene rings is 3. The second kappa shape index (κ2) is 10.6. The summed E-state index contributed by atoms with van der Waals surface area (Å²) < 4.78 is 74.4. The van der Waals surface area contributed by atoms with Gasteiger partial charge in [-0.3, -0.25) is 0 Å². The first kappa shape index (κ1) is 27.4. The normalized spacial score (nSPS) is 19.6. The van der Waals surface area contributed by atoms with E-state index in [2.05, 4.69) is 4.67 Å². The number of aromatic nitrogens is 2. The molecule has 2 aliphatic rings. The van der Waals surface area contributed by atoms with Crippen molar-refractivity contribution in [3.05, 3.63) is 102 Å². The number of halogens is 4. The van der Waals surface area contributed by atoms with Crippen molar-refractivity contribution in [3.63, 3.8) is 0 Å². The molecule has 0 bridgehead atoms. The van der Waals surface area contributed by atoms with Gasteiger partial charge in [0, 0.05) is 20.1 Å². The molecule has 4 aromatic rings. The van der Waals surface area contributed by atoms with E-state index < -0.39 is 24.9 Å². The smallest absolute Gasteiger partial charge is 0.379 e. The zero-order valence-corrected chi connectivity index (χ0v) is 23.3. The first-order valence-electron chi connectivity index (χ1n) is 13.1. The monoisotopic (exact) mass is 582 g/mol. The lowest BCUT2D eigenvalue weighted by Crippen LogP contribution is -2.45. The van der Waals surface area contributed by atoms with Crippen LogP contribution in [0.4, 0.5) is 29.1 Å². The number of aliphatic imine (C=N–C) groups is 1. The number of amidine groups is 1. The largest absolute Gasteiger partial charge is 0.418 e. The topological polar surface area (TPSA) is 58.3 Å². The van der Waals surface area contributed by atoms with Crippen LogP contribution in [0.2, 0.25) is 0 Å². The van der Waals surface area contributed by atoms with E-state index in [9.17, 15) is 13.2 Å². The van der Waals surface area contributed by atoms with E-state index in [1.165, 1.54) is 18.2 Å². The van der Waals surface area contributed by atoms with Crippen LogP contribution >= 0.6 is 7.36 Å². The molecular formula is C29H27F4N6OP. The molecule has 0 saturated carbocycles. The van der Waals surface area contributed by atoms with Crippen LogP contribution in [-0.2, 0) is 10.9 Å². The summed E-state index contributed by atoms with van der Waals surface area (Å²) in [5, 5.41) is 5.45. The summed E-state index contributed by atoms with van der Waals surface area (Å²) in [6.07, 6.45) is -4.63. The van der Waals surface area contributed by atoms with Gasteiger partial charge in [-0.15, -0.1) is 0 Å². The third kappa shape index (κ3) is 4.67. The van der Waals surface area contributed by atoms with Crippen LogP contribution in [0.5, 0.6) is 0 Å². The van der Waals surface area contributed by atoms with E-state index in [1.807, 2.05) is 37.3 Å². The van der Waals surface area contributed by atoms with Gasteiger partial charge < -0.3 is 9.41 Å². The minimum atomic E-state index is -4.63. The third-order valence-electron chi connectivity index (χ3n) is 7.20. The lowest BCUT2D eigenvalue weighted by atomic mass is 10.2. The minimum absolute atomic E-state index is 0.195. The molecule has 3 aromatic carbocycles. The number of nitrogens with zero attached hydrogens (tertiary/aromatic N) is 6. The molecule has 0 N–H and O–H groups in total. The maximum atomic E-state index is 15.4. The summed E-state index contributed by atoms with van der Waals surface area (Å²) in [4.78, 5) is 4.95. The Hall–Kier alpha value is -3.79. The van der Waals surface area contributed by atoms with E-state index in [1.54, 1.807) is 40.7 Å². The van der Waals surface area contributed by atoms with Crippen LogP contribution in [0.3, 0.4) is 0 Å². The van der Waals surface area contributed by atoms with Gasteiger partial charge in [-0.1, -0.05) is 42.5 Å². The predicted octanol–water partition coefficient (Wildman–Crippen LogP) is 6.68. The first-order chi connectivity index (χ1) is 19.7. The molecule has 3 heterocycles. The van der Waals surface area contributed by atoms with Crippen molar-refractivity contribution in [1.82, 2.24) is 19.1 Å². The highest BCUT2D eigenvalue weighted by atomic mass is 31.2. The first-order valence-corrected chi connectivity index (χ1v) is 14.7. The number of aryl methyl sites for hydroxylation is 1. The lowest BCUT2D eigenvalue weighted by molar-refractivity contribution is -0.137. The quantitative estimate of drug-likeness (QED) is 0.199. The van der Waals surface area contributed by atoms with Crippen LogP contribution in [0.25, 0.3) is 5.69 Å². The number of alkyl halides is 3. The highest BCUT2D eigenvalue weighted by Gasteiger charge is 2.46. The van der Waals surface area contributed by atoms with Gasteiger partial charge >= 0.3 is 6.18 Å². The molecule has 1 saturated heterocycles. The van der Waals surface area contributed by atoms with Crippen molar-refractivity contribution in [2.45, 2.75) is 13.1 Å². The second-order valence-electron chi connectivity index (χ2n) is 9.69. The van der Waals surface area contributed by atoms with Crippen LogP contribution in [0.15, 0.2) is 88.6 Å². The number of hydrogen-bond donors (Lipinski definition) is 0. The fourth-order valence-electron chi connectivity index (χ4n) is 5.33. The lowest BCUT2D eigenvalue weighted by Gasteiger charge is -2.46. The zero-order chi connectivity index (χ0) is 28.8. The predicted molar refractivity (Wildman–Crippen MR) is 151 cm³/mol. The third-order valence-corrected chi connectivity index (χ3v) is 11.0. The molecule has 7 nitrogen and oxygen atoms in total. The molecule has 1 unspecified atom stereocenters. The highest BCUT2D eigenvalue weighted by molar-refractivity contribution is 7.70. The minimum Gasteiger partial charge on any atom is -0.379 e. The Labute approximate surface area is 234 Å². The molecule has 12 heteroatoms. The van der Waals surface area contributed by atoms with Gasteiger partial charge in [0.1, 0.15) is 11.7 Å². The Morgan fingerprint density at radius 3 is 2.27 bits per heavy atom. The maximum Gasteiger partial charge on any atom is 0.418 e. The number of hydrogen-bond acceptors (Lipinski definition) is 4. The highest BCUT2D eigenvalue weighted by Crippen LogP contribution is 2.62. The number of fused-ring (bicyclic) bond motifs is 1. The van der Waals surface area contributed by atoms with Crippen LogP contribution in [-0.4, -0.2) is 58.3 Å². The summed E-state index contributed by atoms with van der Waals surface area (Å²) >= 11 is 0. The number of para-hydroxylation sites is 1. The molecule has 1 atom stereocenters. The zero-order valence-electron chi connectivity index (χ0n) is 22.4. The molecule has 2 aliphatic heterocycles. The van der Waals surface area contributed by atoms with Crippen molar-refractivity contribution >= 4 is 30.0 Å². The fourth-order valence-corrected chi connectivity index (χ4v) is 9.16. The van der Waals surface area contributed by atoms with Crippen LogP contribution in [0.1, 0.15) is 16.8 Å². The Kier molecular flexibility index (Phi) is 7.05. The standard InChI is InChI=1S/C29H27F4N6OP/c1-20-26-28(39(35-20)21-10-4-3-5-11-21)34-27(22-12-6-8-14-24(22)30)37(2)41(26,38-16-18-40-19-17-38)36-25-15-9-7-13-23(25)29(31,32)33/h3-15H,16-19H2,1-2H3. The Morgan fingerprint density at radius 1 is 0.902 bits per heavy atom. The van der Waals surface area contributed by atoms with Crippen molar-refractivity contribution in [2.75, 3.05) is 33.4 Å². The van der Waals surface area contributed by atoms with Gasteiger partial charge in [0.15, 0.2) is 13.2 Å². The van der Waals surface area contributed by atoms with Gasteiger partial charge in [0.2, 0.25) is 0 Å². The van der Waals surface area contributed by atoms with Crippen molar-refractivity contribution in [1.29, 1.82) is 0 Å². The number of ether oxygens (including phenoxy) is 1. The van der Waals surface area contributed by atoms with Crippen LogP contribution < -0.4 is 5.30 Å².